The fourth-order valence-electron chi connectivity index (χ4n) is 3.80. The highest BCUT2D eigenvalue weighted by molar-refractivity contribution is 6.35. The number of nitrogens with zero attached hydrogens (tertiary/aromatic N) is 3. The van der Waals surface area contributed by atoms with E-state index in [0.717, 1.165) is 16.8 Å². The molecule has 1 amide bonds. The van der Waals surface area contributed by atoms with Gasteiger partial charge in [-0.05, 0) is 42.3 Å². The summed E-state index contributed by atoms with van der Waals surface area (Å²) in [6, 6.07) is 12.5. The van der Waals surface area contributed by atoms with E-state index in [-0.39, 0.29) is 5.91 Å². The van der Waals surface area contributed by atoms with Gasteiger partial charge in [-0.15, -0.1) is 0 Å². The Bertz CT molecular complexity index is 1050. The van der Waals surface area contributed by atoms with Gasteiger partial charge < -0.3 is 10.0 Å². The van der Waals surface area contributed by atoms with E-state index >= 15 is 0 Å². The van der Waals surface area contributed by atoms with Crippen LogP contribution in [0.4, 0.5) is 0 Å². The van der Waals surface area contributed by atoms with Crippen molar-refractivity contribution >= 4 is 29.1 Å². The van der Waals surface area contributed by atoms with Crippen LogP contribution in [0, 0.1) is 6.92 Å². The zero-order chi connectivity index (χ0) is 20.0. The van der Waals surface area contributed by atoms with Gasteiger partial charge in [-0.2, -0.15) is 5.10 Å². The molecule has 7 heteroatoms. The summed E-state index contributed by atoms with van der Waals surface area (Å²) in [4.78, 5) is 14.8. The van der Waals surface area contributed by atoms with Crippen LogP contribution in [0.1, 0.15) is 33.2 Å². The smallest absolute Gasteiger partial charge is 0.257 e. The fraction of sp³-hybridized carbons (Fsp3) is 0.238. The van der Waals surface area contributed by atoms with E-state index in [9.17, 15) is 9.90 Å². The number of halogens is 2. The van der Waals surface area contributed by atoms with Crippen LogP contribution in [0.15, 0.2) is 48.7 Å². The van der Waals surface area contributed by atoms with Gasteiger partial charge in [-0.25, -0.2) is 4.68 Å². The summed E-state index contributed by atoms with van der Waals surface area (Å²) in [5, 5.41) is 16.1. The molecule has 0 saturated heterocycles. The first-order valence-corrected chi connectivity index (χ1v) is 9.67. The minimum absolute atomic E-state index is 0.215. The van der Waals surface area contributed by atoms with E-state index in [1.54, 1.807) is 41.9 Å². The Morgan fingerprint density at radius 1 is 1.25 bits per heavy atom. The molecule has 28 heavy (non-hydrogen) atoms. The molecule has 1 N–H and O–H groups in total. The minimum Gasteiger partial charge on any atom is -0.390 e. The molecule has 0 radical (unpaired) electrons. The van der Waals surface area contributed by atoms with Crippen LogP contribution in [0.25, 0.3) is 5.69 Å². The number of fused-ring (bicyclic) bond motifs is 1. The van der Waals surface area contributed by atoms with Gasteiger partial charge in [0, 0.05) is 29.7 Å². The number of aromatic nitrogens is 2. The molecule has 0 unspecified atom stereocenters. The van der Waals surface area contributed by atoms with Crippen LogP contribution in [-0.4, -0.2) is 38.8 Å². The summed E-state index contributed by atoms with van der Waals surface area (Å²) < 4.78 is 1.68. The summed E-state index contributed by atoms with van der Waals surface area (Å²) in [6.07, 6.45) is 1.36. The Morgan fingerprint density at radius 2 is 1.96 bits per heavy atom. The summed E-state index contributed by atoms with van der Waals surface area (Å²) in [6.45, 7) is 1.80. The Hall–Kier alpha value is -2.34. The highest BCUT2D eigenvalue weighted by atomic mass is 35.5. The van der Waals surface area contributed by atoms with E-state index in [1.807, 2.05) is 30.3 Å². The number of likely N-dealkylation sites (N-methyl/N-ethyl adjacent to an activating group) is 1. The molecule has 144 valence electrons. The standard InChI is InChI=1S/C21H19Cl2N3O2/c1-12-17(11-26(24-12)14-6-4-3-5-7-14)21(28)25(2)20-16-8-13(22)9-18(23)15(16)10-19(20)27/h3-9,11,19-20,27H,10H2,1-2H3/t19-,20+/m0/s1. The van der Waals surface area contributed by atoms with Crippen LogP contribution in [-0.2, 0) is 6.42 Å². The predicted octanol–water partition coefficient (Wildman–Crippen LogP) is 4.22. The molecule has 2 atom stereocenters. The maximum absolute atomic E-state index is 13.2. The van der Waals surface area contributed by atoms with Crippen LogP contribution in [0.5, 0.6) is 0 Å². The normalized spacial score (nSPS) is 18.2. The lowest BCUT2D eigenvalue weighted by molar-refractivity contribution is 0.0497. The van der Waals surface area contributed by atoms with Crippen molar-refractivity contribution < 1.29 is 9.90 Å². The lowest BCUT2D eigenvalue weighted by atomic mass is 10.1. The molecule has 5 nitrogen and oxygen atoms in total. The number of benzene rings is 2. The SMILES string of the molecule is Cc1nn(-c2ccccc2)cc1C(=O)N(C)[C@@H]1c2cc(Cl)cc(Cl)c2C[C@@H]1O. The van der Waals surface area contributed by atoms with Crippen molar-refractivity contribution in [3.05, 3.63) is 81.1 Å². The molecule has 2 aromatic carbocycles. The average molecular weight is 416 g/mol. The molecule has 1 heterocycles. The predicted molar refractivity (Wildman–Crippen MR) is 109 cm³/mol. The number of amides is 1. The number of rotatable bonds is 3. The molecular formula is C21H19Cl2N3O2. The summed E-state index contributed by atoms with van der Waals surface area (Å²) in [7, 11) is 1.68. The highest BCUT2D eigenvalue weighted by Gasteiger charge is 2.38. The highest BCUT2D eigenvalue weighted by Crippen LogP contribution is 2.41. The average Bonchev–Trinajstić information content (AvgIpc) is 3.21. The second kappa shape index (κ2) is 7.24. The van der Waals surface area contributed by atoms with Crippen molar-refractivity contribution in [1.82, 2.24) is 14.7 Å². The second-order valence-corrected chi connectivity index (χ2v) is 7.84. The van der Waals surface area contributed by atoms with Crippen LogP contribution in [0.2, 0.25) is 10.0 Å². The number of carbonyl (C=O) groups excluding carboxylic acids is 1. The maximum Gasteiger partial charge on any atom is 0.257 e. The van der Waals surface area contributed by atoms with Gasteiger partial charge in [0.05, 0.1) is 29.1 Å². The van der Waals surface area contributed by atoms with Gasteiger partial charge in [0.15, 0.2) is 0 Å². The molecule has 0 spiro atoms. The number of para-hydroxylation sites is 1. The molecule has 0 fully saturated rings. The Morgan fingerprint density at radius 3 is 2.68 bits per heavy atom. The Kier molecular flexibility index (Phi) is 4.91. The first-order valence-electron chi connectivity index (χ1n) is 8.91. The number of aliphatic hydroxyl groups excluding tert-OH is 1. The van der Waals surface area contributed by atoms with Crippen LogP contribution in [0.3, 0.4) is 0 Å². The monoisotopic (exact) mass is 415 g/mol. The zero-order valence-electron chi connectivity index (χ0n) is 15.4. The summed E-state index contributed by atoms with van der Waals surface area (Å²) >= 11 is 12.4. The van der Waals surface area contributed by atoms with Gasteiger partial charge >= 0.3 is 0 Å². The van der Waals surface area contributed by atoms with Crippen molar-refractivity contribution in [2.24, 2.45) is 0 Å². The van der Waals surface area contributed by atoms with Crippen molar-refractivity contribution in [2.75, 3.05) is 7.05 Å². The zero-order valence-corrected chi connectivity index (χ0v) is 16.9. The molecule has 0 aliphatic heterocycles. The number of aryl methyl sites for hydroxylation is 1. The molecular weight excluding hydrogens is 397 g/mol. The van der Waals surface area contributed by atoms with E-state index in [0.29, 0.717) is 27.7 Å². The Labute approximate surface area is 173 Å². The number of carbonyl (C=O) groups is 1. The molecule has 1 aliphatic rings. The van der Waals surface area contributed by atoms with Crippen molar-refractivity contribution in [3.8, 4) is 5.69 Å². The first-order chi connectivity index (χ1) is 13.4. The molecule has 0 bridgehead atoms. The third-order valence-electron chi connectivity index (χ3n) is 5.18. The van der Waals surface area contributed by atoms with E-state index in [2.05, 4.69) is 5.10 Å². The van der Waals surface area contributed by atoms with Crippen molar-refractivity contribution in [1.29, 1.82) is 0 Å². The summed E-state index contributed by atoms with van der Waals surface area (Å²) in [5.74, 6) is -0.215. The van der Waals surface area contributed by atoms with Gasteiger partial charge in [0.2, 0.25) is 0 Å². The number of aliphatic hydroxyl groups is 1. The quantitative estimate of drug-likeness (QED) is 0.696. The van der Waals surface area contributed by atoms with E-state index in [4.69, 9.17) is 23.2 Å². The van der Waals surface area contributed by atoms with Crippen LogP contribution < -0.4 is 0 Å². The van der Waals surface area contributed by atoms with Crippen molar-refractivity contribution in [3.63, 3.8) is 0 Å². The third kappa shape index (κ3) is 3.20. The lowest BCUT2D eigenvalue weighted by Crippen LogP contribution is -2.36. The lowest BCUT2D eigenvalue weighted by Gasteiger charge is -2.28. The molecule has 1 aliphatic carbocycles. The van der Waals surface area contributed by atoms with Crippen LogP contribution >= 0.6 is 23.2 Å². The number of hydrogen-bond donors (Lipinski definition) is 1. The largest absolute Gasteiger partial charge is 0.390 e. The van der Waals surface area contributed by atoms with Gasteiger partial charge in [-0.3, -0.25) is 4.79 Å². The fourth-order valence-corrected chi connectivity index (χ4v) is 4.38. The number of hydrogen-bond acceptors (Lipinski definition) is 3. The molecule has 0 saturated carbocycles. The Balaban J connectivity index is 1.68. The maximum atomic E-state index is 13.2. The topological polar surface area (TPSA) is 58.4 Å². The van der Waals surface area contributed by atoms with Gasteiger partial charge in [-0.1, -0.05) is 41.4 Å². The van der Waals surface area contributed by atoms with E-state index < -0.39 is 12.1 Å². The first kappa shape index (κ1) is 19.0. The molecule has 1 aromatic heterocycles. The molecule has 4 rings (SSSR count). The summed E-state index contributed by atoms with van der Waals surface area (Å²) in [5.41, 5.74) is 3.60. The minimum atomic E-state index is -0.746. The molecule has 3 aromatic rings. The van der Waals surface area contributed by atoms with Crippen molar-refractivity contribution in [2.45, 2.75) is 25.5 Å². The van der Waals surface area contributed by atoms with Gasteiger partial charge in [0.1, 0.15) is 0 Å². The van der Waals surface area contributed by atoms with Gasteiger partial charge in [0.25, 0.3) is 5.91 Å². The van der Waals surface area contributed by atoms with E-state index in [1.165, 1.54) is 0 Å². The second-order valence-electron chi connectivity index (χ2n) is 7.00. The third-order valence-corrected chi connectivity index (χ3v) is 5.73.